The zero-order chi connectivity index (χ0) is 13.3. The quantitative estimate of drug-likeness (QED) is 0.404. The molecule has 0 fully saturated rings. The fraction of sp³-hybridized carbons (Fsp3) is 0.444. The van der Waals surface area contributed by atoms with Crippen LogP contribution in [0.2, 0.25) is 0 Å². The van der Waals surface area contributed by atoms with Crippen molar-refractivity contribution in [3.8, 4) is 0 Å². The van der Waals surface area contributed by atoms with Gasteiger partial charge in [-0.3, -0.25) is 0 Å². The van der Waals surface area contributed by atoms with Gasteiger partial charge in [-0.1, -0.05) is 74.6 Å². The van der Waals surface area contributed by atoms with Gasteiger partial charge in [0.05, 0.1) is 0 Å². The molecule has 0 amide bonds. The van der Waals surface area contributed by atoms with Gasteiger partial charge in [0, 0.05) is 0 Å². The van der Waals surface area contributed by atoms with Crippen molar-refractivity contribution in [2.75, 3.05) is 0 Å². The second kappa shape index (κ2) is 15.7. The molecular weight excluding hydrogens is 216 g/mol. The summed E-state index contributed by atoms with van der Waals surface area (Å²) in [6, 6.07) is 0. The maximum absolute atomic E-state index is 2.23. The average Bonchev–Trinajstić information content (AvgIpc) is 2.39. The van der Waals surface area contributed by atoms with Crippen molar-refractivity contribution >= 4 is 0 Å². The van der Waals surface area contributed by atoms with Crippen LogP contribution >= 0.6 is 0 Å². The Balaban J connectivity index is 3.42. The molecule has 0 radical (unpaired) electrons. The topological polar surface area (TPSA) is 0 Å². The molecule has 0 aromatic carbocycles. The zero-order valence-electron chi connectivity index (χ0n) is 12.0. The van der Waals surface area contributed by atoms with Crippen LogP contribution in [0.5, 0.6) is 0 Å². The van der Waals surface area contributed by atoms with Gasteiger partial charge in [-0.15, -0.1) is 0 Å². The highest BCUT2D eigenvalue weighted by Crippen LogP contribution is 1.95. The van der Waals surface area contributed by atoms with Gasteiger partial charge in [0.2, 0.25) is 0 Å². The molecular formula is C18H28. The molecule has 0 rings (SSSR count). The summed E-state index contributed by atoms with van der Waals surface area (Å²) in [5.74, 6) is 0. The summed E-state index contributed by atoms with van der Waals surface area (Å²) >= 11 is 0. The van der Waals surface area contributed by atoms with Crippen molar-refractivity contribution in [3.63, 3.8) is 0 Å². The van der Waals surface area contributed by atoms with E-state index >= 15 is 0 Å². The van der Waals surface area contributed by atoms with E-state index in [1.807, 2.05) is 0 Å². The molecule has 0 aromatic rings. The van der Waals surface area contributed by atoms with Crippen LogP contribution in [0.25, 0.3) is 0 Å². The number of rotatable bonds is 10. The van der Waals surface area contributed by atoms with Gasteiger partial charge in [-0.05, 0) is 38.5 Å². The van der Waals surface area contributed by atoms with Crippen molar-refractivity contribution in [3.05, 3.63) is 60.8 Å². The third-order valence-corrected chi connectivity index (χ3v) is 2.39. The van der Waals surface area contributed by atoms with Crippen molar-refractivity contribution in [2.45, 2.75) is 52.4 Å². The van der Waals surface area contributed by atoms with Gasteiger partial charge in [0.1, 0.15) is 0 Å². The summed E-state index contributed by atoms with van der Waals surface area (Å²) in [6.45, 7) is 4.32. The van der Waals surface area contributed by atoms with E-state index in [-0.39, 0.29) is 0 Å². The van der Waals surface area contributed by atoms with E-state index in [9.17, 15) is 0 Å². The molecule has 0 aliphatic heterocycles. The SMILES string of the molecule is CC/C=C\C/C=C\C/C=C\C/C=C\C/C=C\CC. The minimum Gasteiger partial charge on any atom is -0.0885 e. The van der Waals surface area contributed by atoms with E-state index < -0.39 is 0 Å². The van der Waals surface area contributed by atoms with Crippen LogP contribution in [-0.2, 0) is 0 Å². The first-order chi connectivity index (χ1) is 8.91. The first-order valence-electron chi connectivity index (χ1n) is 7.16. The second-order valence-electron chi connectivity index (χ2n) is 4.12. The van der Waals surface area contributed by atoms with Crippen LogP contribution in [0, 0.1) is 0 Å². The van der Waals surface area contributed by atoms with Crippen LogP contribution in [0.15, 0.2) is 60.8 Å². The largest absolute Gasteiger partial charge is 0.0885 e. The highest BCUT2D eigenvalue weighted by Gasteiger charge is 1.74. The Hall–Kier alpha value is -1.30. The van der Waals surface area contributed by atoms with E-state index in [1.165, 1.54) is 0 Å². The summed E-state index contributed by atoms with van der Waals surface area (Å²) in [7, 11) is 0. The van der Waals surface area contributed by atoms with Gasteiger partial charge in [-0.25, -0.2) is 0 Å². The Bertz CT molecular complexity index is 257. The normalized spacial score (nSPS) is 13.2. The fourth-order valence-electron chi connectivity index (χ4n) is 1.42. The first-order valence-corrected chi connectivity index (χ1v) is 7.16. The van der Waals surface area contributed by atoms with Crippen molar-refractivity contribution in [1.29, 1.82) is 0 Å². The van der Waals surface area contributed by atoms with Gasteiger partial charge in [0.15, 0.2) is 0 Å². The Kier molecular flexibility index (Phi) is 14.6. The lowest BCUT2D eigenvalue weighted by atomic mass is 10.2. The smallest absolute Gasteiger partial charge is 0.0169 e. The summed E-state index contributed by atoms with van der Waals surface area (Å²) in [5.41, 5.74) is 0. The maximum atomic E-state index is 2.23. The van der Waals surface area contributed by atoms with Crippen LogP contribution in [0.4, 0.5) is 0 Å². The maximum Gasteiger partial charge on any atom is -0.0169 e. The van der Waals surface area contributed by atoms with Crippen LogP contribution < -0.4 is 0 Å². The molecule has 0 nitrogen and oxygen atoms in total. The molecule has 0 heterocycles. The summed E-state index contributed by atoms with van der Waals surface area (Å²) < 4.78 is 0. The first kappa shape index (κ1) is 16.7. The standard InChI is InChI=1S/C18H28/c1-3-5-7-9-11-13-15-17-18-16-14-12-10-8-6-4-2/h5-8,11-14,17-18H,3-4,9-10,15-16H2,1-2H3/b7-5-,8-6-,13-11-,14-12-,18-17-. The molecule has 0 N–H and O–H groups in total. The van der Waals surface area contributed by atoms with Gasteiger partial charge in [0.25, 0.3) is 0 Å². The molecule has 0 saturated carbocycles. The summed E-state index contributed by atoms with van der Waals surface area (Å²) in [5, 5.41) is 0. The fourth-order valence-corrected chi connectivity index (χ4v) is 1.42. The zero-order valence-corrected chi connectivity index (χ0v) is 12.0. The van der Waals surface area contributed by atoms with E-state index in [1.54, 1.807) is 0 Å². The predicted octanol–water partition coefficient (Wildman–Crippen LogP) is 6.15. The Labute approximate surface area is 113 Å². The van der Waals surface area contributed by atoms with Crippen molar-refractivity contribution in [1.82, 2.24) is 0 Å². The Morgan fingerprint density at radius 2 is 0.611 bits per heavy atom. The number of hydrogen-bond acceptors (Lipinski definition) is 0. The molecule has 0 atom stereocenters. The number of hydrogen-bond donors (Lipinski definition) is 0. The second-order valence-corrected chi connectivity index (χ2v) is 4.12. The lowest BCUT2D eigenvalue weighted by Gasteiger charge is -1.85. The molecule has 0 unspecified atom stereocenters. The van der Waals surface area contributed by atoms with Crippen LogP contribution in [0.3, 0.4) is 0 Å². The van der Waals surface area contributed by atoms with Crippen molar-refractivity contribution < 1.29 is 0 Å². The molecule has 0 aromatic heterocycles. The van der Waals surface area contributed by atoms with E-state index in [0.29, 0.717) is 0 Å². The minimum absolute atomic E-state index is 1.05. The average molecular weight is 244 g/mol. The summed E-state index contributed by atoms with van der Waals surface area (Å²) in [4.78, 5) is 0. The molecule has 0 aliphatic rings. The van der Waals surface area contributed by atoms with Crippen molar-refractivity contribution in [2.24, 2.45) is 0 Å². The highest BCUT2D eigenvalue weighted by atomic mass is 13.8. The number of allylic oxidation sites excluding steroid dienone is 10. The van der Waals surface area contributed by atoms with Crippen LogP contribution in [0.1, 0.15) is 52.4 Å². The molecule has 0 saturated heterocycles. The molecule has 100 valence electrons. The molecule has 0 bridgehead atoms. The Morgan fingerprint density at radius 3 is 0.833 bits per heavy atom. The van der Waals surface area contributed by atoms with Gasteiger partial charge < -0.3 is 0 Å². The van der Waals surface area contributed by atoms with Crippen LogP contribution in [-0.4, -0.2) is 0 Å². The minimum atomic E-state index is 1.05. The molecule has 0 spiro atoms. The summed E-state index contributed by atoms with van der Waals surface area (Å²) in [6.07, 6.45) is 28.7. The monoisotopic (exact) mass is 244 g/mol. The Morgan fingerprint density at radius 1 is 0.389 bits per heavy atom. The van der Waals surface area contributed by atoms with Gasteiger partial charge >= 0.3 is 0 Å². The lowest BCUT2D eigenvalue weighted by molar-refractivity contribution is 1.19. The molecule has 0 aliphatic carbocycles. The third kappa shape index (κ3) is 14.7. The van der Waals surface area contributed by atoms with Gasteiger partial charge in [-0.2, -0.15) is 0 Å². The van der Waals surface area contributed by atoms with E-state index in [4.69, 9.17) is 0 Å². The molecule has 18 heavy (non-hydrogen) atoms. The van der Waals surface area contributed by atoms with E-state index in [0.717, 1.165) is 38.5 Å². The third-order valence-electron chi connectivity index (χ3n) is 2.39. The highest BCUT2D eigenvalue weighted by molar-refractivity contribution is 5.00. The predicted molar refractivity (Wildman–Crippen MR) is 84.8 cm³/mol. The lowest BCUT2D eigenvalue weighted by Crippen LogP contribution is -1.64. The van der Waals surface area contributed by atoms with E-state index in [2.05, 4.69) is 74.6 Å². The molecule has 0 heteroatoms.